The maximum absolute atomic E-state index is 5.48. The maximum atomic E-state index is 5.48. The van der Waals surface area contributed by atoms with E-state index in [1.807, 2.05) is 6.07 Å². The van der Waals surface area contributed by atoms with Gasteiger partial charge in [-0.15, -0.1) is 0 Å². The van der Waals surface area contributed by atoms with E-state index in [1.54, 1.807) is 0 Å². The first kappa shape index (κ1) is 12.3. The summed E-state index contributed by atoms with van der Waals surface area (Å²) in [5, 5.41) is 0. The molecule has 0 unspecified atom stereocenters. The van der Waals surface area contributed by atoms with Gasteiger partial charge in [-0.1, -0.05) is 26.7 Å². The topological polar surface area (TPSA) is 63.8 Å². The number of anilines is 1. The third-order valence-corrected chi connectivity index (χ3v) is 3.28. The monoisotopic (exact) mass is 234 g/mol. The molecule has 0 amide bonds. The molecule has 1 aromatic rings. The van der Waals surface area contributed by atoms with Crippen molar-refractivity contribution in [2.75, 3.05) is 5.43 Å². The lowest BCUT2D eigenvalue weighted by Crippen LogP contribution is -2.13. The largest absolute Gasteiger partial charge is 0.308 e. The maximum Gasteiger partial charge on any atom is 0.143 e. The molecule has 0 spiro atoms. The van der Waals surface area contributed by atoms with Gasteiger partial charge < -0.3 is 5.43 Å². The van der Waals surface area contributed by atoms with E-state index in [1.165, 1.54) is 25.7 Å². The van der Waals surface area contributed by atoms with Gasteiger partial charge in [0, 0.05) is 17.7 Å². The average molecular weight is 234 g/mol. The smallest absolute Gasteiger partial charge is 0.143 e. The van der Waals surface area contributed by atoms with Crippen molar-refractivity contribution in [3.63, 3.8) is 0 Å². The molecule has 2 rings (SSSR count). The van der Waals surface area contributed by atoms with Crippen LogP contribution in [-0.2, 0) is 6.42 Å². The van der Waals surface area contributed by atoms with Crippen molar-refractivity contribution in [2.24, 2.45) is 11.8 Å². The SMILES string of the molecule is CC(C)Cc1cc(NN)nc(C2CCCC2)n1. The van der Waals surface area contributed by atoms with Gasteiger partial charge in [0.1, 0.15) is 11.6 Å². The molecule has 1 fully saturated rings. The molecule has 1 aromatic heterocycles. The van der Waals surface area contributed by atoms with Crippen LogP contribution in [-0.4, -0.2) is 9.97 Å². The number of hydrazine groups is 1. The Morgan fingerprint density at radius 1 is 1.35 bits per heavy atom. The summed E-state index contributed by atoms with van der Waals surface area (Å²) >= 11 is 0. The van der Waals surface area contributed by atoms with Crippen LogP contribution < -0.4 is 11.3 Å². The molecule has 4 nitrogen and oxygen atoms in total. The summed E-state index contributed by atoms with van der Waals surface area (Å²) in [6, 6.07) is 1.96. The number of nitrogens with one attached hydrogen (secondary N) is 1. The molecular weight excluding hydrogens is 212 g/mol. The van der Waals surface area contributed by atoms with Gasteiger partial charge in [-0.2, -0.15) is 0 Å². The number of hydrogen-bond donors (Lipinski definition) is 2. The molecule has 1 heterocycles. The van der Waals surface area contributed by atoms with E-state index < -0.39 is 0 Å². The first-order valence-corrected chi connectivity index (χ1v) is 6.53. The van der Waals surface area contributed by atoms with Crippen LogP contribution in [0.1, 0.15) is 57.0 Å². The molecule has 1 aliphatic carbocycles. The van der Waals surface area contributed by atoms with Crippen LogP contribution in [0.15, 0.2) is 6.07 Å². The lowest BCUT2D eigenvalue weighted by atomic mass is 10.1. The zero-order valence-electron chi connectivity index (χ0n) is 10.7. The highest BCUT2D eigenvalue weighted by atomic mass is 15.3. The van der Waals surface area contributed by atoms with Crippen molar-refractivity contribution in [1.29, 1.82) is 0 Å². The minimum absolute atomic E-state index is 0.536. The number of aromatic nitrogens is 2. The molecule has 0 atom stereocenters. The summed E-state index contributed by atoms with van der Waals surface area (Å²) in [4.78, 5) is 9.19. The minimum Gasteiger partial charge on any atom is -0.308 e. The standard InChI is InChI=1S/C13H22N4/c1-9(2)7-11-8-12(17-14)16-13(15-11)10-5-3-4-6-10/h8-10H,3-7,14H2,1-2H3,(H,15,16,17). The highest BCUT2D eigenvalue weighted by molar-refractivity contribution is 5.35. The van der Waals surface area contributed by atoms with E-state index in [0.29, 0.717) is 11.8 Å². The fourth-order valence-corrected chi connectivity index (χ4v) is 2.48. The highest BCUT2D eigenvalue weighted by Gasteiger charge is 2.20. The Hall–Kier alpha value is -1.16. The summed E-state index contributed by atoms with van der Waals surface area (Å²) < 4.78 is 0. The van der Waals surface area contributed by atoms with E-state index in [2.05, 4.69) is 24.3 Å². The van der Waals surface area contributed by atoms with Crippen LogP contribution in [0.3, 0.4) is 0 Å². The second-order valence-corrected chi connectivity index (χ2v) is 5.33. The number of nitrogen functional groups attached to an aromatic ring is 1. The first-order chi connectivity index (χ1) is 8.19. The second-order valence-electron chi connectivity index (χ2n) is 5.33. The van der Waals surface area contributed by atoms with Gasteiger partial charge in [0.15, 0.2) is 0 Å². The van der Waals surface area contributed by atoms with Gasteiger partial charge in [0.05, 0.1) is 0 Å². The Bertz CT molecular complexity index is 370. The average Bonchev–Trinajstić information content (AvgIpc) is 2.81. The highest BCUT2D eigenvalue weighted by Crippen LogP contribution is 2.32. The summed E-state index contributed by atoms with van der Waals surface area (Å²) in [6.45, 7) is 4.40. The van der Waals surface area contributed by atoms with Crippen LogP contribution >= 0.6 is 0 Å². The first-order valence-electron chi connectivity index (χ1n) is 6.53. The lowest BCUT2D eigenvalue weighted by Gasteiger charge is -2.12. The molecule has 1 aliphatic rings. The van der Waals surface area contributed by atoms with E-state index in [9.17, 15) is 0 Å². The van der Waals surface area contributed by atoms with Gasteiger partial charge in [0.25, 0.3) is 0 Å². The number of nitrogens with two attached hydrogens (primary N) is 1. The Kier molecular flexibility index (Phi) is 3.94. The fraction of sp³-hybridized carbons (Fsp3) is 0.692. The molecule has 4 heteroatoms. The van der Waals surface area contributed by atoms with E-state index in [0.717, 1.165) is 23.8 Å². The molecule has 1 saturated carbocycles. The van der Waals surface area contributed by atoms with Gasteiger partial charge in [-0.05, 0) is 25.2 Å². The Morgan fingerprint density at radius 2 is 2.06 bits per heavy atom. The molecule has 0 bridgehead atoms. The van der Waals surface area contributed by atoms with Crippen molar-refractivity contribution in [1.82, 2.24) is 9.97 Å². The summed E-state index contributed by atoms with van der Waals surface area (Å²) in [5.74, 6) is 8.34. The third-order valence-electron chi connectivity index (χ3n) is 3.28. The molecule has 0 aliphatic heterocycles. The Morgan fingerprint density at radius 3 is 2.65 bits per heavy atom. The third kappa shape index (κ3) is 3.16. The summed E-state index contributed by atoms with van der Waals surface area (Å²) in [6.07, 6.45) is 6.02. The Balaban J connectivity index is 2.24. The molecule has 0 saturated heterocycles. The van der Waals surface area contributed by atoms with Gasteiger partial charge in [0.2, 0.25) is 0 Å². The predicted molar refractivity (Wildman–Crippen MR) is 69.6 cm³/mol. The van der Waals surface area contributed by atoms with Crippen LogP contribution in [0.5, 0.6) is 0 Å². The van der Waals surface area contributed by atoms with Crippen molar-refractivity contribution in [3.05, 3.63) is 17.6 Å². The van der Waals surface area contributed by atoms with Crippen LogP contribution in [0, 0.1) is 5.92 Å². The predicted octanol–water partition coefficient (Wildman–Crippen LogP) is 2.62. The van der Waals surface area contributed by atoms with Crippen LogP contribution in [0.4, 0.5) is 5.82 Å². The zero-order chi connectivity index (χ0) is 12.3. The lowest BCUT2D eigenvalue weighted by molar-refractivity contribution is 0.614. The molecule has 94 valence electrons. The quantitative estimate of drug-likeness (QED) is 0.621. The van der Waals surface area contributed by atoms with Crippen molar-refractivity contribution in [3.8, 4) is 0 Å². The van der Waals surface area contributed by atoms with Crippen molar-refractivity contribution in [2.45, 2.75) is 51.9 Å². The number of hydrogen-bond acceptors (Lipinski definition) is 4. The zero-order valence-corrected chi connectivity index (χ0v) is 10.7. The van der Waals surface area contributed by atoms with Crippen LogP contribution in [0.2, 0.25) is 0 Å². The fourth-order valence-electron chi connectivity index (χ4n) is 2.48. The molecular formula is C13H22N4. The van der Waals surface area contributed by atoms with E-state index >= 15 is 0 Å². The van der Waals surface area contributed by atoms with E-state index in [4.69, 9.17) is 10.8 Å². The van der Waals surface area contributed by atoms with Gasteiger partial charge in [-0.25, -0.2) is 15.8 Å². The molecule has 17 heavy (non-hydrogen) atoms. The normalized spacial score (nSPS) is 16.7. The van der Waals surface area contributed by atoms with Gasteiger partial charge in [-0.3, -0.25) is 0 Å². The summed E-state index contributed by atoms with van der Waals surface area (Å²) in [5.41, 5.74) is 3.76. The molecule has 0 aromatic carbocycles. The minimum atomic E-state index is 0.536. The summed E-state index contributed by atoms with van der Waals surface area (Å²) in [7, 11) is 0. The van der Waals surface area contributed by atoms with Crippen molar-refractivity contribution < 1.29 is 0 Å². The number of rotatable bonds is 4. The Labute approximate surface area is 103 Å². The van der Waals surface area contributed by atoms with Crippen LogP contribution in [0.25, 0.3) is 0 Å². The molecule has 0 radical (unpaired) electrons. The number of nitrogens with zero attached hydrogens (tertiary/aromatic N) is 2. The van der Waals surface area contributed by atoms with E-state index in [-0.39, 0.29) is 0 Å². The van der Waals surface area contributed by atoms with Crippen molar-refractivity contribution >= 4 is 5.82 Å². The molecule has 3 N–H and O–H groups in total. The second kappa shape index (κ2) is 5.45. The van der Waals surface area contributed by atoms with Gasteiger partial charge >= 0.3 is 0 Å².